The van der Waals surface area contributed by atoms with Gasteiger partial charge in [-0.15, -0.1) is 0 Å². The SMILES string of the molecule is COc1ccc(NC(N)=NCc2ccnc(N3CCCC3)c2)cc1. The summed E-state index contributed by atoms with van der Waals surface area (Å²) in [5.74, 6) is 2.23. The van der Waals surface area contributed by atoms with Crippen molar-refractivity contribution >= 4 is 17.5 Å². The monoisotopic (exact) mass is 325 g/mol. The van der Waals surface area contributed by atoms with Crippen molar-refractivity contribution in [2.24, 2.45) is 10.7 Å². The van der Waals surface area contributed by atoms with Crippen LogP contribution in [0.25, 0.3) is 0 Å². The van der Waals surface area contributed by atoms with E-state index in [9.17, 15) is 0 Å². The number of ether oxygens (including phenoxy) is 1. The Bertz CT molecular complexity index is 693. The maximum atomic E-state index is 5.97. The van der Waals surface area contributed by atoms with Crippen LogP contribution in [0.1, 0.15) is 18.4 Å². The Kier molecular flexibility index (Phi) is 5.15. The number of methoxy groups -OCH3 is 1. The first-order chi connectivity index (χ1) is 11.7. The van der Waals surface area contributed by atoms with Crippen LogP contribution in [0.5, 0.6) is 5.75 Å². The number of nitrogens with one attached hydrogen (secondary N) is 1. The predicted octanol–water partition coefficient (Wildman–Crippen LogP) is 2.62. The second-order valence-electron chi connectivity index (χ2n) is 5.77. The van der Waals surface area contributed by atoms with Crippen molar-refractivity contribution in [1.82, 2.24) is 4.98 Å². The van der Waals surface area contributed by atoms with Gasteiger partial charge in [-0.2, -0.15) is 0 Å². The van der Waals surface area contributed by atoms with E-state index in [-0.39, 0.29) is 0 Å². The molecule has 0 bridgehead atoms. The summed E-state index contributed by atoms with van der Waals surface area (Å²) < 4.78 is 5.13. The molecular weight excluding hydrogens is 302 g/mol. The van der Waals surface area contributed by atoms with E-state index in [0.29, 0.717) is 12.5 Å². The van der Waals surface area contributed by atoms with Crippen molar-refractivity contribution in [2.45, 2.75) is 19.4 Å². The number of aliphatic imine (C=N–C) groups is 1. The first kappa shape index (κ1) is 16.1. The fourth-order valence-corrected chi connectivity index (χ4v) is 2.72. The molecule has 0 aliphatic carbocycles. The van der Waals surface area contributed by atoms with Crippen molar-refractivity contribution in [2.75, 3.05) is 30.4 Å². The Hall–Kier alpha value is -2.76. The largest absolute Gasteiger partial charge is 0.497 e. The van der Waals surface area contributed by atoms with Gasteiger partial charge < -0.3 is 20.7 Å². The third-order valence-corrected chi connectivity index (χ3v) is 4.03. The lowest BCUT2D eigenvalue weighted by atomic mass is 10.2. The van der Waals surface area contributed by atoms with Gasteiger partial charge in [-0.05, 0) is 54.8 Å². The van der Waals surface area contributed by atoms with Crippen LogP contribution in [-0.4, -0.2) is 31.1 Å². The first-order valence-corrected chi connectivity index (χ1v) is 8.15. The molecule has 1 aromatic heterocycles. The predicted molar refractivity (Wildman–Crippen MR) is 97.6 cm³/mol. The second kappa shape index (κ2) is 7.68. The van der Waals surface area contributed by atoms with Gasteiger partial charge in [0.1, 0.15) is 11.6 Å². The average molecular weight is 325 g/mol. The minimum Gasteiger partial charge on any atom is -0.497 e. The number of pyridine rings is 1. The van der Waals surface area contributed by atoms with Gasteiger partial charge in [0.25, 0.3) is 0 Å². The summed E-state index contributed by atoms with van der Waals surface area (Å²) in [4.78, 5) is 11.2. The van der Waals surface area contributed by atoms with Gasteiger partial charge in [0.05, 0.1) is 13.7 Å². The number of nitrogens with two attached hydrogens (primary N) is 1. The van der Waals surface area contributed by atoms with Gasteiger partial charge in [-0.25, -0.2) is 9.98 Å². The number of rotatable bonds is 5. The lowest BCUT2D eigenvalue weighted by Gasteiger charge is -2.16. The molecular formula is C18H23N5O. The Morgan fingerprint density at radius 1 is 1.25 bits per heavy atom. The van der Waals surface area contributed by atoms with Gasteiger partial charge in [0, 0.05) is 25.0 Å². The molecule has 6 nitrogen and oxygen atoms in total. The summed E-state index contributed by atoms with van der Waals surface area (Å²) in [6.07, 6.45) is 4.32. The quantitative estimate of drug-likeness (QED) is 0.653. The highest BCUT2D eigenvalue weighted by Crippen LogP contribution is 2.19. The number of benzene rings is 1. The minimum absolute atomic E-state index is 0.389. The number of guanidine groups is 1. The van der Waals surface area contributed by atoms with Crippen molar-refractivity contribution in [1.29, 1.82) is 0 Å². The molecule has 0 spiro atoms. The normalized spacial score (nSPS) is 14.7. The number of hydrogen-bond donors (Lipinski definition) is 2. The lowest BCUT2D eigenvalue weighted by Crippen LogP contribution is -2.22. The third-order valence-electron chi connectivity index (χ3n) is 4.03. The highest BCUT2D eigenvalue weighted by Gasteiger charge is 2.13. The van der Waals surface area contributed by atoms with Gasteiger partial charge >= 0.3 is 0 Å². The van der Waals surface area contributed by atoms with Crippen LogP contribution >= 0.6 is 0 Å². The zero-order chi connectivity index (χ0) is 16.8. The molecule has 1 aromatic carbocycles. The van der Waals surface area contributed by atoms with E-state index in [1.807, 2.05) is 36.5 Å². The summed E-state index contributed by atoms with van der Waals surface area (Å²) in [6.45, 7) is 2.69. The Balaban J connectivity index is 1.60. The van der Waals surface area contributed by atoms with E-state index in [1.165, 1.54) is 12.8 Å². The van der Waals surface area contributed by atoms with E-state index in [4.69, 9.17) is 10.5 Å². The zero-order valence-electron chi connectivity index (χ0n) is 13.9. The summed E-state index contributed by atoms with van der Waals surface area (Å²) in [7, 11) is 1.64. The molecule has 0 radical (unpaired) electrons. The van der Waals surface area contributed by atoms with Crippen molar-refractivity contribution in [3.63, 3.8) is 0 Å². The van der Waals surface area contributed by atoms with Crippen LogP contribution in [-0.2, 0) is 6.54 Å². The molecule has 2 heterocycles. The molecule has 0 amide bonds. The first-order valence-electron chi connectivity index (χ1n) is 8.15. The standard InChI is InChI=1S/C18H23N5O/c1-24-16-6-4-15(5-7-16)22-18(19)21-13-14-8-9-20-17(12-14)23-10-2-3-11-23/h4-9,12H,2-3,10-11,13H2,1H3,(H3,19,21,22). The van der Waals surface area contributed by atoms with Gasteiger partial charge in [-0.3, -0.25) is 0 Å². The number of hydrogen-bond acceptors (Lipinski definition) is 4. The van der Waals surface area contributed by atoms with Gasteiger partial charge in [-0.1, -0.05) is 0 Å². The molecule has 3 rings (SSSR count). The van der Waals surface area contributed by atoms with Gasteiger partial charge in [0.15, 0.2) is 5.96 Å². The maximum Gasteiger partial charge on any atom is 0.193 e. The van der Waals surface area contributed by atoms with Crippen LogP contribution < -0.4 is 20.7 Å². The molecule has 0 atom stereocenters. The highest BCUT2D eigenvalue weighted by atomic mass is 16.5. The second-order valence-corrected chi connectivity index (χ2v) is 5.77. The lowest BCUT2D eigenvalue weighted by molar-refractivity contribution is 0.415. The van der Waals surface area contributed by atoms with Crippen molar-refractivity contribution < 1.29 is 4.74 Å². The van der Waals surface area contributed by atoms with Crippen molar-refractivity contribution in [3.05, 3.63) is 48.2 Å². The molecule has 2 aromatic rings. The van der Waals surface area contributed by atoms with Crippen LogP contribution in [0.15, 0.2) is 47.6 Å². The Morgan fingerprint density at radius 3 is 2.71 bits per heavy atom. The number of nitrogens with zero attached hydrogens (tertiary/aromatic N) is 3. The fraction of sp³-hybridized carbons (Fsp3) is 0.333. The molecule has 0 unspecified atom stereocenters. The minimum atomic E-state index is 0.389. The molecule has 0 saturated carbocycles. The molecule has 1 aliphatic heterocycles. The Morgan fingerprint density at radius 2 is 2.00 bits per heavy atom. The molecule has 1 aliphatic rings. The summed E-state index contributed by atoms with van der Waals surface area (Å²) in [6, 6.07) is 11.6. The van der Waals surface area contributed by atoms with E-state index in [2.05, 4.69) is 26.3 Å². The molecule has 24 heavy (non-hydrogen) atoms. The van der Waals surface area contributed by atoms with Crippen molar-refractivity contribution in [3.8, 4) is 5.75 Å². The van der Waals surface area contributed by atoms with E-state index >= 15 is 0 Å². The smallest absolute Gasteiger partial charge is 0.193 e. The summed E-state index contributed by atoms with van der Waals surface area (Å²) in [5.41, 5.74) is 7.95. The molecule has 1 saturated heterocycles. The Labute approximate surface area is 142 Å². The number of aromatic nitrogens is 1. The fourth-order valence-electron chi connectivity index (χ4n) is 2.72. The average Bonchev–Trinajstić information content (AvgIpc) is 3.16. The van der Waals surface area contributed by atoms with Crippen LogP contribution in [0.4, 0.5) is 11.5 Å². The molecule has 3 N–H and O–H groups in total. The van der Waals surface area contributed by atoms with E-state index in [1.54, 1.807) is 7.11 Å². The van der Waals surface area contributed by atoms with E-state index < -0.39 is 0 Å². The molecule has 126 valence electrons. The van der Waals surface area contributed by atoms with E-state index in [0.717, 1.165) is 35.9 Å². The maximum absolute atomic E-state index is 5.97. The van der Waals surface area contributed by atoms with Crippen LogP contribution in [0.2, 0.25) is 0 Å². The van der Waals surface area contributed by atoms with Crippen LogP contribution in [0, 0.1) is 0 Å². The number of anilines is 2. The highest BCUT2D eigenvalue weighted by molar-refractivity contribution is 5.92. The molecule has 6 heteroatoms. The molecule has 1 fully saturated rings. The van der Waals surface area contributed by atoms with Gasteiger partial charge in [0.2, 0.25) is 0 Å². The van der Waals surface area contributed by atoms with Crippen LogP contribution in [0.3, 0.4) is 0 Å². The summed E-state index contributed by atoms with van der Waals surface area (Å²) >= 11 is 0. The topological polar surface area (TPSA) is 75.8 Å². The third kappa shape index (κ3) is 4.16. The zero-order valence-corrected chi connectivity index (χ0v) is 13.9. The summed E-state index contributed by atoms with van der Waals surface area (Å²) in [5, 5.41) is 3.08.